The predicted octanol–water partition coefficient (Wildman–Crippen LogP) is 1.84. The van der Waals surface area contributed by atoms with E-state index in [0.717, 1.165) is 5.56 Å². The first-order valence-corrected chi connectivity index (χ1v) is 6.25. The molecule has 0 amide bonds. The Bertz CT molecular complexity index is 663. The lowest BCUT2D eigenvalue weighted by atomic mass is 10.2. The maximum absolute atomic E-state index is 11.6. The number of H-pyrrole nitrogens is 1. The smallest absolute Gasteiger partial charge is 0.295 e. The summed E-state index contributed by atoms with van der Waals surface area (Å²) in [5.74, 6) is 0. The molecular weight excluding hydrogens is 354 g/mol. The van der Waals surface area contributed by atoms with Gasteiger partial charge in [-0.1, -0.05) is 23.7 Å². The number of nitrogens with one attached hydrogen (secondary N) is 1. The Labute approximate surface area is 115 Å². The molecule has 1 N–H and O–H groups in total. The van der Waals surface area contributed by atoms with E-state index < -0.39 is 5.69 Å². The predicted molar refractivity (Wildman–Crippen MR) is 74.6 cm³/mol. The lowest BCUT2D eigenvalue weighted by Gasteiger charge is -2.05. The fourth-order valence-corrected chi connectivity index (χ4v) is 2.12. The van der Waals surface area contributed by atoms with Crippen LogP contribution in [-0.2, 0) is 6.54 Å². The van der Waals surface area contributed by atoms with Crippen molar-refractivity contribution in [1.82, 2.24) is 9.55 Å². The Kier molecular flexibility index (Phi) is 3.68. The summed E-state index contributed by atoms with van der Waals surface area (Å²) in [5, 5.41) is 0.620. The number of hydrogen-bond donors (Lipinski definition) is 1. The Balaban J connectivity index is 2.40. The van der Waals surface area contributed by atoms with Crippen LogP contribution in [0.25, 0.3) is 0 Å². The van der Waals surface area contributed by atoms with Gasteiger partial charge in [0.25, 0.3) is 5.56 Å². The molecule has 4 nitrogen and oxygen atoms in total. The highest BCUT2D eigenvalue weighted by atomic mass is 127. The van der Waals surface area contributed by atoms with E-state index in [9.17, 15) is 9.59 Å². The molecule has 0 aliphatic carbocycles. The van der Waals surface area contributed by atoms with Crippen LogP contribution < -0.4 is 11.2 Å². The third-order valence-corrected chi connectivity index (χ3v) is 3.21. The summed E-state index contributed by atoms with van der Waals surface area (Å²) in [6.07, 6.45) is 1.53. The maximum Gasteiger partial charge on any atom is 0.328 e. The zero-order chi connectivity index (χ0) is 12.4. The van der Waals surface area contributed by atoms with Crippen molar-refractivity contribution >= 4 is 34.2 Å². The number of rotatable bonds is 2. The number of benzene rings is 1. The SMILES string of the molecule is O=c1[nH]c(=O)n(Cc2cccc(Cl)c2)cc1I. The quantitative estimate of drug-likeness (QED) is 0.829. The van der Waals surface area contributed by atoms with Gasteiger partial charge in [0.05, 0.1) is 10.1 Å². The van der Waals surface area contributed by atoms with E-state index in [0.29, 0.717) is 15.1 Å². The summed E-state index contributed by atoms with van der Waals surface area (Å²) >= 11 is 7.75. The van der Waals surface area contributed by atoms with Gasteiger partial charge in [-0.05, 0) is 40.3 Å². The van der Waals surface area contributed by atoms with E-state index >= 15 is 0 Å². The second-order valence-electron chi connectivity index (χ2n) is 3.49. The minimum absolute atomic E-state index is 0.363. The van der Waals surface area contributed by atoms with Crippen LogP contribution in [0.5, 0.6) is 0 Å². The maximum atomic E-state index is 11.6. The molecule has 0 bridgehead atoms. The van der Waals surface area contributed by atoms with Gasteiger partial charge in [-0.15, -0.1) is 0 Å². The summed E-state index contributed by atoms with van der Waals surface area (Å²) < 4.78 is 1.92. The van der Waals surface area contributed by atoms with Gasteiger partial charge in [0.15, 0.2) is 0 Å². The van der Waals surface area contributed by atoms with Crippen LogP contribution in [0.2, 0.25) is 5.02 Å². The fraction of sp³-hybridized carbons (Fsp3) is 0.0909. The van der Waals surface area contributed by atoms with Crippen molar-refractivity contribution < 1.29 is 0 Å². The fourth-order valence-electron chi connectivity index (χ4n) is 1.43. The average Bonchev–Trinajstić information content (AvgIpc) is 2.26. The zero-order valence-electron chi connectivity index (χ0n) is 8.61. The Morgan fingerprint density at radius 3 is 2.82 bits per heavy atom. The highest BCUT2D eigenvalue weighted by Crippen LogP contribution is 2.11. The third kappa shape index (κ3) is 2.98. The number of nitrogens with zero attached hydrogens (tertiary/aromatic N) is 1. The van der Waals surface area contributed by atoms with Crippen LogP contribution in [-0.4, -0.2) is 9.55 Å². The van der Waals surface area contributed by atoms with Crippen LogP contribution in [0.15, 0.2) is 40.1 Å². The van der Waals surface area contributed by atoms with E-state index in [1.807, 2.05) is 34.7 Å². The van der Waals surface area contributed by atoms with E-state index in [4.69, 9.17) is 11.6 Å². The zero-order valence-corrected chi connectivity index (χ0v) is 11.5. The van der Waals surface area contributed by atoms with Crippen molar-refractivity contribution in [3.05, 3.63) is 65.5 Å². The lowest BCUT2D eigenvalue weighted by Crippen LogP contribution is -2.31. The molecule has 1 aromatic carbocycles. The van der Waals surface area contributed by atoms with Crippen LogP contribution in [0, 0.1) is 3.57 Å². The molecule has 0 atom stereocenters. The second kappa shape index (κ2) is 5.05. The van der Waals surface area contributed by atoms with Crippen molar-refractivity contribution in [3.8, 4) is 0 Å². The van der Waals surface area contributed by atoms with Gasteiger partial charge in [0.2, 0.25) is 0 Å². The van der Waals surface area contributed by atoms with Crippen molar-refractivity contribution in [3.63, 3.8) is 0 Å². The lowest BCUT2D eigenvalue weighted by molar-refractivity contribution is 0.715. The second-order valence-corrected chi connectivity index (χ2v) is 5.09. The van der Waals surface area contributed by atoms with Crippen LogP contribution in [0.1, 0.15) is 5.56 Å². The van der Waals surface area contributed by atoms with E-state index in [2.05, 4.69) is 4.98 Å². The monoisotopic (exact) mass is 362 g/mol. The van der Waals surface area contributed by atoms with Gasteiger partial charge < -0.3 is 0 Å². The molecule has 0 saturated carbocycles. The van der Waals surface area contributed by atoms with Crippen molar-refractivity contribution in [2.45, 2.75) is 6.54 Å². The van der Waals surface area contributed by atoms with Gasteiger partial charge in [-0.2, -0.15) is 0 Å². The van der Waals surface area contributed by atoms with E-state index in [1.54, 1.807) is 12.1 Å². The molecule has 0 aliphatic rings. The number of aromatic amines is 1. The summed E-state index contributed by atoms with van der Waals surface area (Å²) in [6, 6.07) is 7.24. The van der Waals surface area contributed by atoms with Crippen LogP contribution in [0.3, 0.4) is 0 Å². The molecule has 0 aliphatic heterocycles. The van der Waals surface area contributed by atoms with Crippen LogP contribution in [0.4, 0.5) is 0 Å². The molecule has 1 aromatic heterocycles. The van der Waals surface area contributed by atoms with Gasteiger partial charge in [0, 0.05) is 11.2 Å². The first-order valence-electron chi connectivity index (χ1n) is 4.80. The topological polar surface area (TPSA) is 54.9 Å². The molecule has 0 saturated heterocycles. The largest absolute Gasteiger partial charge is 0.328 e. The molecule has 88 valence electrons. The summed E-state index contributed by atoms with van der Waals surface area (Å²) in [5.41, 5.74) is 0.121. The first-order chi connectivity index (χ1) is 8.06. The molecule has 2 aromatic rings. The molecule has 17 heavy (non-hydrogen) atoms. The molecular formula is C11H8ClIN2O2. The van der Waals surface area contributed by atoms with Gasteiger partial charge in [0.1, 0.15) is 0 Å². The first kappa shape index (κ1) is 12.4. The standard InChI is InChI=1S/C11H8ClIN2O2/c12-8-3-1-2-7(4-8)5-15-6-9(13)10(16)14-11(15)17/h1-4,6H,5H2,(H,14,16,17). The van der Waals surface area contributed by atoms with Gasteiger partial charge in [-0.25, -0.2) is 4.79 Å². The number of halogens is 2. The third-order valence-electron chi connectivity index (χ3n) is 2.21. The van der Waals surface area contributed by atoms with E-state index in [1.165, 1.54) is 10.8 Å². The molecule has 2 rings (SSSR count). The summed E-state index contributed by atoms with van der Waals surface area (Å²) in [7, 11) is 0. The molecule has 0 spiro atoms. The Morgan fingerprint density at radius 2 is 2.12 bits per heavy atom. The van der Waals surface area contributed by atoms with Gasteiger partial charge in [-0.3, -0.25) is 14.3 Å². The van der Waals surface area contributed by atoms with Gasteiger partial charge >= 0.3 is 5.69 Å². The van der Waals surface area contributed by atoms with Crippen molar-refractivity contribution in [2.24, 2.45) is 0 Å². The minimum Gasteiger partial charge on any atom is -0.295 e. The molecule has 0 unspecified atom stereocenters. The van der Waals surface area contributed by atoms with Crippen molar-refractivity contribution in [1.29, 1.82) is 0 Å². The highest BCUT2D eigenvalue weighted by Gasteiger charge is 2.03. The number of aromatic nitrogens is 2. The molecule has 0 radical (unpaired) electrons. The minimum atomic E-state index is -0.421. The van der Waals surface area contributed by atoms with E-state index in [-0.39, 0.29) is 5.56 Å². The number of hydrogen-bond acceptors (Lipinski definition) is 2. The van der Waals surface area contributed by atoms with Crippen molar-refractivity contribution in [2.75, 3.05) is 0 Å². The average molecular weight is 363 g/mol. The molecule has 0 fully saturated rings. The highest BCUT2D eigenvalue weighted by molar-refractivity contribution is 14.1. The normalized spacial score (nSPS) is 10.5. The van der Waals surface area contributed by atoms with Crippen LogP contribution >= 0.6 is 34.2 Å². The Morgan fingerprint density at radius 1 is 1.35 bits per heavy atom. The summed E-state index contributed by atoms with van der Waals surface area (Å²) in [6.45, 7) is 0.381. The summed E-state index contributed by atoms with van der Waals surface area (Å²) in [4.78, 5) is 25.0. The Hall–Kier alpha value is -1.08. The molecule has 1 heterocycles. The molecule has 6 heteroatoms.